The van der Waals surface area contributed by atoms with Crippen molar-refractivity contribution in [1.29, 1.82) is 0 Å². The Morgan fingerprint density at radius 2 is 2.57 bits per heavy atom. The zero-order chi connectivity index (χ0) is 9.80. The molecule has 0 amide bonds. The van der Waals surface area contributed by atoms with Gasteiger partial charge in [0.1, 0.15) is 0 Å². The third kappa shape index (κ3) is 2.17. The molecular formula is C11H14N2O. The molecule has 1 N–H and O–H groups in total. The van der Waals surface area contributed by atoms with Crippen molar-refractivity contribution in [2.75, 3.05) is 6.54 Å². The average molecular weight is 190 g/mol. The summed E-state index contributed by atoms with van der Waals surface area (Å²) in [6, 6.07) is 3.89. The maximum atomic E-state index is 11.7. The lowest BCUT2D eigenvalue weighted by Crippen LogP contribution is -2.31. The van der Waals surface area contributed by atoms with Gasteiger partial charge in [0.05, 0.1) is 6.04 Å². The molecule has 2 heterocycles. The lowest BCUT2D eigenvalue weighted by molar-refractivity contribution is -0.120. The van der Waals surface area contributed by atoms with Crippen LogP contribution in [-0.4, -0.2) is 23.4 Å². The zero-order valence-electron chi connectivity index (χ0n) is 8.07. The maximum Gasteiger partial charge on any atom is 0.154 e. The van der Waals surface area contributed by atoms with Crippen LogP contribution in [0.15, 0.2) is 24.5 Å². The number of hydrogen-bond donors (Lipinski definition) is 1. The topological polar surface area (TPSA) is 42.0 Å². The molecule has 0 bridgehead atoms. The molecule has 1 aromatic heterocycles. The van der Waals surface area contributed by atoms with Gasteiger partial charge >= 0.3 is 0 Å². The van der Waals surface area contributed by atoms with Crippen molar-refractivity contribution in [2.45, 2.75) is 25.3 Å². The molecule has 0 saturated carbocycles. The molecule has 14 heavy (non-hydrogen) atoms. The van der Waals surface area contributed by atoms with Gasteiger partial charge in [-0.1, -0.05) is 6.07 Å². The highest BCUT2D eigenvalue weighted by Gasteiger charge is 2.21. The second-order valence-electron chi connectivity index (χ2n) is 3.65. The molecule has 0 radical (unpaired) electrons. The van der Waals surface area contributed by atoms with Gasteiger partial charge in [-0.25, -0.2) is 0 Å². The van der Waals surface area contributed by atoms with E-state index in [1.54, 1.807) is 12.4 Å². The number of nitrogens with one attached hydrogen (secondary N) is 1. The van der Waals surface area contributed by atoms with Gasteiger partial charge in [0, 0.05) is 18.8 Å². The number of pyridine rings is 1. The van der Waals surface area contributed by atoms with Crippen LogP contribution in [0.5, 0.6) is 0 Å². The Labute approximate surface area is 83.5 Å². The van der Waals surface area contributed by atoms with Crippen molar-refractivity contribution < 1.29 is 4.79 Å². The van der Waals surface area contributed by atoms with E-state index in [0.717, 1.165) is 24.9 Å². The van der Waals surface area contributed by atoms with Crippen LogP contribution in [-0.2, 0) is 11.2 Å². The predicted molar refractivity (Wildman–Crippen MR) is 54.0 cm³/mol. The van der Waals surface area contributed by atoms with Gasteiger partial charge in [-0.3, -0.25) is 9.78 Å². The summed E-state index contributed by atoms with van der Waals surface area (Å²) in [5.41, 5.74) is 1.01. The minimum Gasteiger partial charge on any atom is -0.307 e. The van der Waals surface area contributed by atoms with E-state index < -0.39 is 0 Å². The molecule has 1 atom stereocenters. The molecule has 1 fully saturated rings. The van der Waals surface area contributed by atoms with Crippen molar-refractivity contribution in [3.8, 4) is 0 Å². The normalized spacial score (nSPS) is 21.0. The van der Waals surface area contributed by atoms with Gasteiger partial charge in [-0.15, -0.1) is 0 Å². The Morgan fingerprint density at radius 1 is 1.64 bits per heavy atom. The monoisotopic (exact) mass is 190 g/mol. The summed E-state index contributed by atoms with van der Waals surface area (Å²) in [5.74, 6) is 0.288. The smallest absolute Gasteiger partial charge is 0.154 e. The molecule has 3 heteroatoms. The molecule has 1 aliphatic heterocycles. The zero-order valence-corrected chi connectivity index (χ0v) is 8.07. The van der Waals surface area contributed by atoms with E-state index in [-0.39, 0.29) is 11.8 Å². The lowest BCUT2D eigenvalue weighted by Gasteiger charge is -2.07. The fourth-order valence-electron chi connectivity index (χ4n) is 1.79. The number of rotatable bonds is 3. The Morgan fingerprint density at radius 3 is 3.21 bits per heavy atom. The van der Waals surface area contributed by atoms with E-state index in [0.29, 0.717) is 6.42 Å². The van der Waals surface area contributed by atoms with Gasteiger partial charge in [-0.05, 0) is 31.0 Å². The summed E-state index contributed by atoms with van der Waals surface area (Å²) in [7, 11) is 0. The van der Waals surface area contributed by atoms with Crippen LogP contribution in [0.1, 0.15) is 18.4 Å². The lowest BCUT2D eigenvalue weighted by atomic mass is 10.0. The van der Waals surface area contributed by atoms with Gasteiger partial charge in [0.25, 0.3) is 0 Å². The van der Waals surface area contributed by atoms with E-state index in [2.05, 4.69) is 10.3 Å². The Hall–Kier alpha value is -1.22. The molecule has 0 aromatic carbocycles. The van der Waals surface area contributed by atoms with Crippen molar-refractivity contribution in [2.24, 2.45) is 0 Å². The number of nitrogens with zero attached hydrogens (tertiary/aromatic N) is 1. The molecule has 3 nitrogen and oxygen atoms in total. The third-order valence-electron chi connectivity index (χ3n) is 2.55. The fourth-order valence-corrected chi connectivity index (χ4v) is 1.79. The quantitative estimate of drug-likeness (QED) is 0.771. The second-order valence-corrected chi connectivity index (χ2v) is 3.65. The van der Waals surface area contributed by atoms with Crippen LogP contribution in [0.2, 0.25) is 0 Å². The number of carbonyl (C=O) groups excluding carboxylic acids is 1. The summed E-state index contributed by atoms with van der Waals surface area (Å²) in [5, 5.41) is 3.21. The van der Waals surface area contributed by atoms with Gasteiger partial charge in [-0.2, -0.15) is 0 Å². The Kier molecular flexibility index (Phi) is 2.89. The summed E-state index contributed by atoms with van der Waals surface area (Å²) < 4.78 is 0. The minimum atomic E-state index is 0.0789. The van der Waals surface area contributed by atoms with Crippen LogP contribution >= 0.6 is 0 Å². The van der Waals surface area contributed by atoms with Crippen LogP contribution in [0.25, 0.3) is 0 Å². The standard InChI is InChI=1S/C11H14N2O/c14-11(10-4-2-6-13-10)7-9-3-1-5-12-8-9/h1,3,5,8,10,13H,2,4,6-7H2. The predicted octanol–water partition coefficient (Wildman–Crippen LogP) is 0.945. The van der Waals surface area contributed by atoms with Crippen molar-refractivity contribution in [3.05, 3.63) is 30.1 Å². The van der Waals surface area contributed by atoms with Crippen LogP contribution < -0.4 is 5.32 Å². The van der Waals surface area contributed by atoms with E-state index in [1.165, 1.54) is 0 Å². The molecule has 1 aromatic rings. The molecule has 1 unspecified atom stereocenters. The first-order valence-electron chi connectivity index (χ1n) is 5.01. The Balaban J connectivity index is 1.94. The third-order valence-corrected chi connectivity index (χ3v) is 2.55. The van der Waals surface area contributed by atoms with E-state index in [1.807, 2.05) is 12.1 Å². The molecule has 0 aliphatic carbocycles. The number of hydrogen-bond acceptors (Lipinski definition) is 3. The number of aromatic nitrogens is 1. The average Bonchev–Trinajstić information content (AvgIpc) is 2.72. The summed E-state index contributed by atoms with van der Waals surface area (Å²) in [4.78, 5) is 15.7. The number of Topliss-reactive ketones (excluding diaryl/α,β-unsaturated/α-hetero) is 1. The SMILES string of the molecule is O=C(Cc1cccnc1)C1CCCN1. The highest BCUT2D eigenvalue weighted by Crippen LogP contribution is 2.09. The van der Waals surface area contributed by atoms with Gasteiger partial charge in [0.15, 0.2) is 5.78 Å². The van der Waals surface area contributed by atoms with Crippen LogP contribution in [0, 0.1) is 0 Å². The van der Waals surface area contributed by atoms with E-state index in [4.69, 9.17) is 0 Å². The van der Waals surface area contributed by atoms with E-state index >= 15 is 0 Å². The van der Waals surface area contributed by atoms with Gasteiger partial charge in [0.2, 0.25) is 0 Å². The molecule has 2 rings (SSSR count). The molecule has 74 valence electrons. The first kappa shape index (κ1) is 9.34. The molecule has 0 spiro atoms. The van der Waals surface area contributed by atoms with Crippen LogP contribution in [0.4, 0.5) is 0 Å². The summed E-state index contributed by atoms with van der Waals surface area (Å²) in [6.45, 7) is 0.976. The number of ketones is 1. The molecular weight excluding hydrogens is 176 g/mol. The first-order valence-corrected chi connectivity index (χ1v) is 5.01. The Bertz CT molecular complexity index is 304. The molecule has 1 aliphatic rings. The highest BCUT2D eigenvalue weighted by atomic mass is 16.1. The summed E-state index contributed by atoms with van der Waals surface area (Å²) in [6.07, 6.45) is 6.09. The second kappa shape index (κ2) is 4.33. The highest BCUT2D eigenvalue weighted by molar-refractivity contribution is 5.86. The first-order chi connectivity index (χ1) is 6.86. The van der Waals surface area contributed by atoms with E-state index in [9.17, 15) is 4.79 Å². The minimum absolute atomic E-state index is 0.0789. The molecule has 1 saturated heterocycles. The van der Waals surface area contributed by atoms with Crippen molar-refractivity contribution in [1.82, 2.24) is 10.3 Å². The number of carbonyl (C=O) groups is 1. The maximum absolute atomic E-state index is 11.7. The van der Waals surface area contributed by atoms with Crippen molar-refractivity contribution in [3.63, 3.8) is 0 Å². The van der Waals surface area contributed by atoms with Crippen molar-refractivity contribution >= 4 is 5.78 Å². The van der Waals surface area contributed by atoms with Crippen LogP contribution in [0.3, 0.4) is 0 Å². The largest absolute Gasteiger partial charge is 0.307 e. The fraction of sp³-hybridized carbons (Fsp3) is 0.455. The van der Waals surface area contributed by atoms with Gasteiger partial charge < -0.3 is 5.32 Å². The summed E-state index contributed by atoms with van der Waals surface area (Å²) >= 11 is 0.